The highest BCUT2D eigenvalue weighted by Gasteiger charge is 2.20. The number of hydrogen-bond acceptors (Lipinski definition) is 1. The van der Waals surface area contributed by atoms with Gasteiger partial charge in [0.25, 0.3) is 0 Å². The number of carbonyl (C=O) groups is 1. The van der Waals surface area contributed by atoms with E-state index in [4.69, 9.17) is 5.11 Å². The molecule has 0 aliphatic heterocycles. The molecule has 10 heavy (non-hydrogen) atoms. The summed E-state index contributed by atoms with van der Waals surface area (Å²) in [6.45, 7) is 1.60. The lowest BCUT2D eigenvalue weighted by atomic mass is 10.3. The van der Waals surface area contributed by atoms with Crippen molar-refractivity contribution in [3.63, 3.8) is 0 Å². The third-order valence-corrected chi connectivity index (χ3v) is 0.302. The summed E-state index contributed by atoms with van der Waals surface area (Å²) in [6.07, 6.45) is 0.222. The average molecular weight is 161 g/mol. The number of carboxylic acid groups (broad SMARTS) is 1. The van der Waals surface area contributed by atoms with Crippen LogP contribution in [0.2, 0.25) is 0 Å². The van der Waals surface area contributed by atoms with Crippen LogP contribution in [0.4, 0.5) is 17.3 Å². The van der Waals surface area contributed by atoms with Gasteiger partial charge in [-0.05, 0) is 0 Å². The molecule has 2 nitrogen and oxygen atoms in total. The van der Waals surface area contributed by atoms with Gasteiger partial charge in [0.1, 0.15) is 0 Å². The van der Waals surface area contributed by atoms with Crippen molar-refractivity contribution >= 4 is 13.2 Å². The summed E-state index contributed by atoms with van der Waals surface area (Å²) >= 11 is 0. The van der Waals surface area contributed by atoms with E-state index in [1.165, 1.54) is 0 Å². The molecule has 0 radical (unpaired) electrons. The van der Waals surface area contributed by atoms with Crippen LogP contribution >= 0.6 is 0 Å². The predicted octanol–water partition coefficient (Wildman–Crippen LogP) is 1.78. The number of hydrogen-bond donors (Lipinski definition) is 1. The summed E-state index contributed by atoms with van der Waals surface area (Å²) in [6, 6.07) is 0. The summed E-state index contributed by atoms with van der Waals surface area (Å²) in [5.74, 6) is -0.745. The quantitative estimate of drug-likeness (QED) is 0.469. The van der Waals surface area contributed by atoms with E-state index in [0.717, 1.165) is 0 Å². The lowest BCUT2D eigenvalue weighted by Crippen LogP contribution is -2.02. The van der Waals surface area contributed by atoms with Crippen LogP contribution in [0.15, 0.2) is 0 Å². The van der Waals surface area contributed by atoms with Crippen molar-refractivity contribution in [2.75, 3.05) is 0 Å². The normalized spacial score (nSPS) is 9.70. The van der Waals surface area contributed by atoms with Crippen molar-refractivity contribution in [1.29, 1.82) is 0 Å². The van der Waals surface area contributed by atoms with E-state index in [9.17, 15) is 22.1 Å². The van der Waals surface area contributed by atoms with E-state index < -0.39 is 13.2 Å². The van der Waals surface area contributed by atoms with E-state index >= 15 is 0 Å². The molecule has 7 heteroatoms. The van der Waals surface area contributed by atoms with Crippen LogP contribution in [-0.4, -0.2) is 18.3 Å². The maximum atomic E-state index is 9.75. The Hall–Kier alpha value is -0.745. The minimum atomic E-state index is -6.00. The Morgan fingerprint density at radius 1 is 1.40 bits per heavy atom. The fraction of sp³-hybridized carbons (Fsp3) is 0.667. The van der Waals surface area contributed by atoms with Gasteiger partial charge in [0.05, 0.1) is 0 Å². The van der Waals surface area contributed by atoms with Gasteiger partial charge < -0.3 is 22.4 Å². The molecule has 1 N–H and O–H groups in total. The van der Waals surface area contributed by atoms with E-state index in [2.05, 4.69) is 0 Å². The number of halogens is 4. The van der Waals surface area contributed by atoms with Crippen molar-refractivity contribution in [3.8, 4) is 0 Å². The first kappa shape index (κ1) is 12.0. The highest BCUT2D eigenvalue weighted by molar-refractivity contribution is 6.50. The second-order valence-corrected chi connectivity index (χ2v) is 1.24. The second kappa shape index (κ2) is 5.07. The molecule has 0 saturated heterocycles. The minimum absolute atomic E-state index is 0.222. The molecular weight excluding hydrogens is 155 g/mol. The highest BCUT2D eigenvalue weighted by atomic mass is 19.5. The van der Waals surface area contributed by atoms with Gasteiger partial charge in [-0.15, -0.1) is 0 Å². The van der Waals surface area contributed by atoms with Crippen LogP contribution in [0.3, 0.4) is 0 Å². The maximum absolute atomic E-state index is 9.75. The minimum Gasteiger partial charge on any atom is -0.481 e. The third kappa shape index (κ3) is 180. The molecular formula is C3H6BF4O2-. The van der Waals surface area contributed by atoms with Gasteiger partial charge in [0.15, 0.2) is 0 Å². The smallest absolute Gasteiger partial charge is 0.481 e. The van der Waals surface area contributed by atoms with E-state index in [0.29, 0.717) is 0 Å². The standard InChI is InChI=1S/C3H6O2.BF4/c1-2-3(4)5;2-1(3,4)5/h2H2,1H3,(H,4,5);/q;-1. The molecule has 0 aromatic carbocycles. The number of aliphatic carboxylic acids is 1. The monoisotopic (exact) mass is 161 g/mol. The van der Waals surface area contributed by atoms with Gasteiger partial charge in [-0.2, -0.15) is 0 Å². The predicted molar refractivity (Wildman–Crippen MR) is 28.1 cm³/mol. The molecule has 0 amide bonds. The molecule has 0 aliphatic rings. The van der Waals surface area contributed by atoms with Crippen molar-refractivity contribution in [3.05, 3.63) is 0 Å². The van der Waals surface area contributed by atoms with Crippen LogP contribution in [0.1, 0.15) is 13.3 Å². The summed E-state index contributed by atoms with van der Waals surface area (Å²) in [5.41, 5.74) is 0. The van der Waals surface area contributed by atoms with Gasteiger partial charge >= 0.3 is 13.2 Å². The average Bonchev–Trinajstić information content (AvgIpc) is 1.61. The zero-order valence-corrected chi connectivity index (χ0v) is 5.15. The highest BCUT2D eigenvalue weighted by Crippen LogP contribution is 2.06. The first-order valence-electron chi connectivity index (χ1n) is 2.36. The molecule has 0 heterocycles. The number of rotatable bonds is 1. The molecule has 0 aromatic heterocycles. The SMILES string of the molecule is CCC(=O)O.F[B-](F)(F)F. The Kier molecular flexibility index (Phi) is 6.08. The molecule has 0 unspecified atom stereocenters. The summed E-state index contributed by atoms with van der Waals surface area (Å²) < 4.78 is 39.0. The Bertz CT molecular complexity index is 95.2. The molecule has 0 fully saturated rings. The molecule has 0 rings (SSSR count). The number of carboxylic acids is 1. The summed E-state index contributed by atoms with van der Waals surface area (Å²) in [7, 11) is -6.00. The fourth-order valence-corrected chi connectivity index (χ4v) is 0. The van der Waals surface area contributed by atoms with Crippen molar-refractivity contribution in [1.82, 2.24) is 0 Å². The lowest BCUT2D eigenvalue weighted by Gasteiger charge is -1.94. The first-order chi connectivity index (χ1) is 4.27. The van der Waals surface area contributed by atoms with Crippen LogP contribution < -0.4 is 0 Å². The zero-order valence-electron chi connectivity index (χ0n) is 5.15. The van der Waals surface area contributed by atoms with Crippen molar-refractivity contribution in [2.45, 2.75) is 13.3 Å². The molecule has 0 aromatic rings. The van der Waals surface area contributed by atoms with Gasteiger partial charge in [-0.3, -0.25) is 4.79 Å². The summed E-state index contributed by atoms with van der Waals surface area (Å²) in [4.78, 5) is 9.37. The molecule has 0 atom stereocenters. The van der Waals surface area contributed by atoms with Crippen LogP contribution in [0, 0.1) is 0 Å². The third-order valence-electron chi connectivity index (χ3n) is 0.302. The van der Waals surface area contributed by atoms with Gasteiger partial charge in [-0.1, -0.05) is 6.92 Å². The second-order valence-electron chi connectivity index (χ2n) is 1.24. The Morgan fingerprint density at radius 2 is 1.50 bits per heavy atom. The fourth-order valence-electron chi connectivity index (χ4n) is 0. The van der Waals surface area contributed by atoms with Crippen LogP contribution in [0.5, 0.6) is 0 Å². The molecule has 0 saturated carbocycles. The Balaban J connectivity index is 0. The largest absolute Gasteiger partial charge is 0.673 e. The van der Waals surface area contributed by atoms with Gasteiger partial charge in [-0.25, -0.2) is 0 Å². The molecule has 0 bridgehead atoms. The Labute approximate surface area is 54.9 Å². The molecule has 62 valence electrons. The van der Waals surface area contributed by atoms with Crippen molar-refractivity contribution < 1.29 is 27.2 Å². The topological polar surface area (TPSA) is 37.3 Å². The van der Waals surface area contributed by atoms with E-state index in [-0.39, 0.29) is 6.42 Å². The first-order valence-corrected chi connectivity index (χ1v) is 2.36. The lowest BCUT2D eigenvalue weighted by molar-refractivity contribution is -0.136. The zero-order chi connectivity index (χ0) is 8.78. The summed E-state index contributed by atoms with van der Waals surface area (Å²) in [5, 5.41) is 7.72. The van der Waals surface area contributed by atoms with Crippen LogP contribution in [-0.2, 0) is 4.79 Å². The van der Waals surface area contributed by atoms with Crippen LogP contribution in [0.25, 0.3) is 0 Å². The van der Waals surface area contributed by atoms with Gasteiger partial charge in [0, 0.05) is 6.42 Å². The van der Waals surface area contributed by atoms with Gasteiger partial charge in [0.2, 0.25) is 0 Å². The maximum Gasteiger partial charge on any atom is 0.673 e. The van der Waals surface area contributed by atoms with Crippen molar-refractivity contribution in [2.24, 2.45) is 0 Å². The van der Waals surface area contributed by atoms with E-state index in [1.54, 1.807) is 6.92 Å². The Morgan fingerprint density at radius 3 is 1.50 bits per heavy atom. The molecule has 0 spiro atoms. The van der Waals surface area contributed by atoms with E-state index in [1.807, 2.05) is 0 Å². The molecule has 0 aliphatic carbocycles.